The van der Waals surface area contributed by atoms with Gasteiger partial charge in [0.1, 0.15) is 11.4 Å². The highest BCUT2D eigenvalue weighted by Gasteiger charge is 2.35. The first kappa shape index (κ1) is 19.9. The fraction of sp³-hybridized carbons (Fsp3) is 0.435. The van der Waals surface area contributed by atoms with Gasteiger partial charge in [-0.2, -0.15) is 0 Å². The molecule has 1 aromatic carbocycles. The summed E-state index contributed by atoms with van der Waals surface area (Å²) in [5.41, 5.74) is 1.63. The third-order valence-corrected chi connectivity index (χ3v) is 5.55. The van der Waals surface area contributed by atoms with Gasteiger partial charge in [-0.25, -0.2) is 4.79 Å². The van der Waals surface area contributed by atoms with Gasteiger partial charge in [0.2, 0.25) is 0 Å². The maximum atomic E-state index is 12.4. The molecule has 3 aliphatic rings. The van der Waals surface area contributed by atoms with Gasteiger partial charge < -0.3 is 19.3 Å². The van der Waals surface area contributed by atoms with Crippen LogP contribution in [0, 0.1) is 0 Å². The fourth-order valence-corrected chi connectivity index (χ4v) is 4.09. The lowest BCUT2D eigenvalue weighted by Crippen LogP contribution is -2.48. The van der Waals surface area contributed by atoms with Crippen molar-refractivity contribution in [1.82, 2.24) is 4.90 Å². The van der Waals surface area contributed by atoms with Crippen LogP contribution in [0.4, 0.5) is 10.5 Å². The van der Waals surface area contributed by atoms with Crippen LogP contribution in [-0.4, -0.2) is 35.7 Å². The summed E-state index contributed by atoms with van der Waals surface area (Å²) in [5.74, 6) is 1.77. The van der Waals surface area contributed by atoms with Crippen molar-refractivity contribution in [2.45, 2.75) is 51.7 Å². The van der Waals surface area contributed by atoms with E-state index in [1.54, 1.807) is 0 Å². The highest BCUT2D eigenvalue weighted by Crippen LogP contribution is 2.42. The number of para-hydroxylation sites is 2. The number of anilines is 1. The van der Waals surface area contributed by atoms with Gasteiger partial charge in [-0.05, 0) is 57.9 Å². The molecule has 1 amide bonds. The summed E-state index contributed by atoms with van der Waals surface area (Å²) in [4.78, 5) is 16.6. The molecule has 0 N–H and O–H groups in total. The largest absolute Gasteiger partial charge is 0.457 e. The van der Waals surface area contributed by atoms with Crippen molar-refractivity contribution < 1.29 is 14.3 Å². The van der Waals surface area contributed by atoms with E-state index in [0.717, 1.165) is 35.7 Å². The van der Waals surface area contributed by atoms with Crippen molar-refractivity contribution in [3.63, 3.8) is 0 Å². The first-order valence-electron chi connectivity index (χ1n) is 10.1. The monoisotopic (exact) mass is 414 g/mol. The van der Waals surface area contributed by atoms with Gasteiger partial charge in [-0.1, -0.05) is 29.8 Å². The average Bonchev–Trinajstić information content (AvgIpc) is 2.86. The Morgan fingerprint density at radius 1 is 1.17 bits per heavy atom. The number of amides is 1. The van der Waals surface area contributed by atoms with Crippen molar-refractivity contribution in [1.29, 1.82) is 0 Å². The van der Waals surface area contributed by atoms with E-state index in [9.17, 15) is 4.79 Å². The second-order valence-corrected chi connectivity index (χ2v) is 9.01. The van der Waals surface area contributed by atoms with Crippen molar-refractivity contribution >= 4 is 23.4 Å². The van der Waals surface area contributed by atoms with E-state index in [1.165, 1.54) is 0 Å². The predicted molar refractivity (Wildman–Crippen MR) is 115 cm³/mol. The fourth-order valence-electron chi connectivity index (χ4n) is 3.95. The van der Waals surface area contributed by atoms with Gasteiger partial charge in [0.05, 0.1) is 11.4 Å². The standard InChI is InChI=1S/C23H27ClN2O3/c1-23(2,3)29-22(27)25-14-12-17(13-15-25)26-18-6-4-5-7-20(18)28-21-11-9-16(24)8-10-19(21)26/h4-10,17H,11-15H2,1-3H3. The van der Waals surface area contributed by atoms with Gasteiger partial charge in [0.25, 0.3) is 0 Å². The molecule has 1 saturated heterocycles. The van der Waals surface area contributed by atoms with Crippen LogP contribution in [0.1, 0.15) is 40.0 Å². The van der Waals surface area contributed by atoms with E-state index in [1.807, 2.05) is 62.1 Å². The number of rotatable bonds is 1. The normalized spacial score (nSPS) is 19.8. The topological polar surface area (TPSA) is 42.0 Å². The number of hydrogen-bond donors (Lipinski definition) is 0. The van der Waals surface area contributed by atoms with E-state index < -0.39 is 5.60 Å². The lowest BCUT2D eigenvalue weighted by Gasteiger charge is -2.43. The number of nitrogens with zero attached hydrogens (tertiary/aromatic N) is 2. The number of ether oxygens (including phenoxy) is 2. The third-order valence-electron chi connectivity index (χ3n) is 5.27. The summed E-state index contributed by atoms with van der Waals surface area (Å²) in [7, 11) is 0. The van der Waals surface area contributed by atoms with Crippen molar-refractivity contribution in [2.75, 3.05) is 18.0 Å². The molecule has 0 bridgehead atoms. The van der Waals surface area contributed by atoms with Gasteiger partial charge >= 0.3 is 6.09 Å². The van der Waals surface area contributed by atoms with Gasteiger partial charge in [0.15, 0.2) is 5.75 Å². The maximum absolute atomic E-state index is 12.4. The summed E-state index contributed by atoms with van der Waals surface area (Å²) in [6.07, 6.45) is 8.07. The second-order valence-electron chi connectivity index (χ2n) is 8.57. The molecule has 0 unspecified atom stereocenters. The van der Waals surface area contributed by atoms with Crippen LogP contribution in [0.3, 0.4) is 0 Å². The Morgan fingerprint density at radius 3 is 2.62 bits per heavy atom. The zero-order valence-corrected chi connectivity index (χ0v) is 17.9. The summed E-state index contributed by atoms with van der Waals surface area (Å²) < 4.78 is 11.7. The second kappa shape index (κ2) is 7.79. The summed E-state index contributed by atoms with van der Waals surface area (Å²) in [6, 6.07) is 8.38. The number of piperidine rings is 1. The smallest absolute Gasteiger partial charge is 0.410 e. The molecule has 5 nitrogen and oxygen atoms in total. The van der Waals surface area contributed by atoms with Crippen LogP contribution in [0.25, 0.3) is 0 Å². The molecule has 0 spiro atoms. The van der Waals surface area contributed by atoms with Gasteiger partial charge in [0, 0.05) is 30.6 Å². The molecule has 0 aromatic heterocycles. The van der Waals surface area contributed by atoms with Crippen molar-refractivity contribution in [2.24, 2.45) is 0 Å². The Labute approximate surface area is 177 Å². The van der Waals surface area contributed by atoms with Crippen molar-refractivity contribution in [3.8, 4) is 5.75 Å². The molecule has 29 heavy (non-hydrogen) atoms. The van der Waals surface area contributed by atoms with E-state index in [4.69, 9.17) is 21.1 Å². The minimum atomic E-state index is -0.478. The summed E-state index contributed by atoms with van der Waals surface area (Å²) in [5, 5.41) is 0.715. The lowest BCUT2D eigenvalue weighted by molar-refractivity contribution is 0.0205. The molecule has 1 aliphatic carbocycles. The first-order valence-corrected chi connectivity index (χ1v) is 10.5. The molecular formula is C23H27ClN2O3. The van der Waals surface area contributed by atoms with E-state index >= 15 is 0 Å². The number of fused-ring (bicyclic) bond motifs is 1. The minimum absolute atomic E-state index is 0.233. The minimum Gasteiger partial charge on any atom is -0.457 e. The Hall–Kier alpha value is -2.40. The van der Waals surface area contributed by atoms with Crippen LogP contribution in [0.2, 0.25) is 0 Å². The predicted octanol–water partition coefficient (Wildman–Crippen LogP) is 5.58. The highest BCUT2D eigenvalue weighted by atomic mass is 35.5. The molecule has 2 heterocycles. The van der Waals surface area contributed by atoms with Crippen LogP contribution < -0.4 is 9.64 Å². The number of carbonyl (C=O) groups excluding carboxylic acids is 1. The van der Waals surface area contributed by atoms with E-state index in [0.29, 0.717) is 24.5 Å². The third kappa shape index (κ3) is 4.30. The molecule has 1 aromatic rings. The number of allylic oxidation sites excluding steroid dienone is 4. The van der Waals surface area contributed by atoms with Gasteiger partial charge in [-0.3, -0.25) is 0 Å². The van der Waals surface area contributed by atoms with Gasteiger partial charge in [-0.15, -0.1) is 0 Å². The molecule has 2 aliphatic heterocycles. The summed E-state index contributed by atoms with van der Waals surface area (Å²) in [6.45, 7) is 7.03. The average molecular weight is 415 g/mol. The zero-order valence-electron chi connectivity index (χ0n) is 17.2. The number of likely N-dealkylation sites (tertiary alicyclic amines) is 1. The molecule has 154 valence electrons. The summed E-state index contributed by atoms with van der Waals surface area (Å²) >= 11 is 6.25. The van der Waals surface area contributed by atoms with Crippen LogP contribution in [0.15, 0.2) is 59.0 Å². The first-order chi connectivity index (χ1) is 13.8. The van der Waals surface area contributed by atoms with E-state index in [2.05, 4.69) is 11.0 Å². The molecular weight excluding hydrogens is 388 g/mol. The van der Waals surface area contributed by atoms with E-state index in [-0.39, 0.29) is 12.1 Å². The Morgan fingerprint density at radius 2 is 1.90 bits per heavy atom. The number of benzene rings is 1. The highest BCUT2D eigenvalue weighted by molar-refractivity contribution is 6.31. The lowest BCUT2D eigenvalue weighted by atomic mass is 10.00. The SMILES string of the molecule is CC(C)(C)OC(=O)N1CCC(N2C3=C(CC=C(Cl)C=C3)Oc3ccccc32)CC1. The zero-order chi connectivity index (χ0) is 20.6. The molecule has 1 fully saturated rings. The molecule has 6 heteroatoms. The Bertz CT molecular complexity index is 890. The molecule has 0 saturated carbocycles. The quantitative estimate of drug-likeness (QED) is 0.601. The number of carbonyl (C=O) groups is 1. The Balaban J connectivity index is 1.56. The van der Waals surface area contributed by atoms with Crippen molar-refractivity contribution in [3.05, 3.63) is 59.0 Å². The van der Waals surface area contributed by atoms with Crippen LogP contribution in [-0.2, 0) is 4.74 Å². The molecule has 0 radical (unpaired) electrons. The molecule has 4 rings (SSSR count). The number of hydrogen-bond acceptors (Lipinski definition) is 4. The number of halogens is 1. The Kier molecular flexibility index (Phi) is 5.34. The van der Waals surface area contributed by atoms with Crippen LogP contribution >= 0.6 is 11.6 Å². The maximum Gasteiger partial charge on any atom is 0.410 e. The van der Waals surface area contributed by atoms with Crippen LogP contribution in [0.5, 0.6) is 5.75 Å². The molecule has 0 atom stereocenters.